The van der Waals surface area contributed by atoms with E-state index in [9.17, 15) is 39.3 Å². The summed E-state index contributed by atoms with van der Waals surface area (Å²) in [7, 11) is 2.93. The SMILES string of the molecule is C=C/C=C/[C@@H](C)C[C@@H](C)C(=O)[C@H](OC)[C@H](O)/C(C)=C/[C@@H](C)C(=O)C[C@H](OC(=O)C1CCCCN1C(=O)C(=O)[C@]1(O)O[C@H](C[C@@H](Oc2ccc3[nH]c(-c4nn(C(C)C)c5ncnc(N)c45)cc3c2)/C(C)=C\C)CC[C@H]1C)[C@H](C)C[C@H]1CC[C@@H](O)[C@H](OC)C1. The van der Waals surface area contributed by atoms with E-state index in [0.29, 0.717) is 91.7 Å². The molecule has 0 spiro atoms. The van der Waals surface area contributed by atoms with Gasteiger partial charge in [0.15, 0.2) is 11.4 Å². The van der Waals surface area contributed by atoms with Crippen LogP contribution in [0.1, 0.15) is 152 Å². The Bertz CT molecular complexity index is 3160. The highest BCUT2D eigenvalue weighted by Gasteiger charge is 2.53. The molecule has 20 heteroatoms. The number of nitrogens with zero attached hydrogens (tertiary/aromatic N) is 5. The van der Waals surface area contributed by atoms with E-state index in [-0.39, 0.29) is 67.3 Å². The molecule has 1 unspecified atom stereocenters. The van der Waals surface area contributed by atoms with Crippen LogP contribution in [0.2, 0.25) is 0 Å². The third-order valence-corrected chi connectivity index (χ3v) is 18.3. The minimum Gasteiger partial charge on any atom is -0.486 e. The molecule has 3 aliphatic rings. The van der Waals surface area contributed by atoms with Crippen molar-refractivity contribution in [2.45, 2.75) is 207 Å². The van der Waals surface area contributed by atoms with Crippen molar-refractivity contribution in [3.8, 4) is 17.1 Å². The van der Waals surface area contributed by atoms with Crippen LogP contribution in [0.25, 0.3) is 33.3 Å². The fraction of sp³-hybridized carbons (Fsp3) is 0.612. The minimum atomic E-state index is -2.52. The van der Waals surface area contributed by atoms with Crippen molar-refractivity contribution in [1.29, 1.82) is 0 Å². The molecule has 3 aromatic heterocycles. The average molecular weight is 1210 g/mol. The third kappa shape index (κ3) is 16.1. The number of aromatic nitrogens is 5. The molecular weight excluding hydrogens is 1110 g/mol. The first-order valence-corrected chi connectivity index (χ1v) is 31.2. The molecule has 1 aliphatic carbocycles. The van der Waals surface area contributed by atoms with Crippen molar-refractivity contribution in [1.82, 2.24) is 29.6 Å². The van der Waals surface area contributed by atoms with Gasteiger partial charge in [-0.15, -0.1) is 0 Å². The number of anilines is 1. The van der Waals surface area contributed by atoms with E-state index in [1.807, 2.05) is 88.7 Å². The second-order valence-electron chi connectivity index (χ2n) is 25.2. The highest BCUT2D eigenvalue weighted by Crippen LogP contribution is 2.40. The number of piperidine rings is 1. The summed E-state index contributed by atoms with van der Waals surface area (Å²) in [6, 6.07) is 6.48. The van der Waals surface area contributed by atoms with Crippen molar-refractivity contribution in [2.24, 2.45) is 35.5 Å². The third-order valence-electron chi connectivity index (χ3n) is 18.3. The van der Waals surface area contributed by atoms with Crippen LogP contribution >= 0.6 is 0 Å². The normalized spacial score (nSPS) is 25.2. The van der Waals surface area contributed by atoms with Gasteiger partial charge < -0.3 is 54.6 Å². The lowest BCUT2D eigenvalue weighted by Gasteiger charge is -2.43. The molecular formula is C67H95N7O13. The summed E-state index contributed by atoms with van der Waals surface area (Å²) in [4.78, 5) is 85.3. The van der Waals surface area contributed by atoms with Crippen LogP contribution in [0.4, 0.5) is 5.82 Å². The second-order valence-corrected chi connectivity index (χ2v) is 25.2. The molecule has 7 rings (SSSR count). The van der Waals surface area contributed by atoms with Gasteiger partial charge in [-0.2, -0.15) is 5.10 Å². The number of Topliss-reactive ketones (excluding diaryl/α,β-unsaturated/α-hetero) is 3. The first kappa shape index (κ1) is 68.1. The summed E-state index contributed by atoms with van der Waals surface area (Å²) < 4.78 is 32.4. The van der Waals surface area contributed by atoms with Gasteiger partial charge in [0, 0.05) is 68.3 Å². The highest BCUT2D eigenvalue weighted by atomic mass is 16.6. The monoisotopic (exact) mass is 1210 g/mol. The number of methoxy groups -OCH3 is 2. The van der Waals surface area contributed by atoms with E-state index in [1.165, 1.54) is 18.3 Å². The maximum absolute atomic E-state index is 14.7. The Morgan fingerprint density at radius 2 is 1.72 bits per heavy atom. The number of ether oxygens (including phenoxy) is 5. The van der Waals surface area contributed by atoms with Crippen LogP contribution in [0.3, 0.4) is 0 Å². The zero-order chi connectivity index (χ0) is 63.6. The Morgan fingerprint density at radius 3 is 2.41 bits per heavy atom. The number of carbonyl (C=O) groups excluding carboxylic acids is 5. The summed E-state index contributed by atoms with van der Waals surface area (Å²) in [5.41, 5.74) is 10.4. The van der Waals surface area contributed by atoms with Crippen molar-refractivity contribution < 1.29 is 63.0 Å². The number of nitrogen functional groups attached to an aromatic ring is 1. The molecule has 6 N–H and O–H groups in total. The molecule has 3 fully saturated rings. The quantitative estimate of drug-likeness (QED) is 0.0153. The molecule has 476 valence electrons. The number of esters is 1. The number of benzene rings is 1. The van der Waals surface area contributed by atoms with Crippen LogP contribution < -0.4 is 10.5 Å². The van der Waals surface area contributed by atoms with Gasteiger partial charge in [0.25, 0.3) is 11.7 Å². The Morgan fingerprint density at radius 1 is 0.977 bits per heavy atom. The fourth-order valence-corrected chi connectivity index (χ4v) is 12.8. The molecule has 87 heavy (non-hydrogen) atoms. The van der Waals surface area contributed by atoms with Gasteiger partial charge in [-0.25, -0.2) is 19.4 Å². The largest absolute Gasteiger partial charge is 0.486 e. The molecule has 20 nitrogen and oxygen atoms in total. The maximum atomic E-state index is 14.7. The van der Waals surface area contributed by atoms with Crippen LogP contribution in [0, 0.1) is 35.5 Å². The molecule has 1 amide bonds. The number of carbonyl (C=O) groups is 5. The Labute approximate surface area is 512 Å². The molecule has 2 aliphatic heterocycles. The number of allylic oxidation sites excluding steroid dienone is 5. The number of aliphatic hydroxyl groups excluding tert-OH is 2. The lowest BCUT2D eigenvalue weighted by molar-refractivity contribution is -0.265. The number of aliphatic hydroxyl groups is 3. The molecule has 4 aromatic rings. The van der Waals surface area contributed by atoms with Crippen molar-refractivity contribution in [2.75, 3.05) is 26.5 Å². The lowest BCUT2D eigenvalue weighted by atomic mass is 9.78. The number of hydrogen-bond acceptors (Lipinski definition) is 17. The maximum Gasteiger partial charge on any atom is 0.329 e. The zero-order valence-corrected chi connectivity index (χ0v) is 53.1. The van der Waals surface area contributed by atoms with E-state index in [4.69, 9.17) is 34.5 Å². The van der Waals surface area contributed by atoms with Gasteiger partial charge in [-0.05, 0) is 152 Å². The number of fused-ring (bicyclic) bond motifs is 2. The molecule has 0 radical (unpaired) electrons. The number of nitrogens with one attached hydrogen (secondary N) is 1. The summed E-state index contributed by atoms with van der Waals surface area (Å²) in [6.45, 7) is 22.3. The highest BCUT2D eigenvalue weighted by molar-refractivity contribution is 6.39. The first-order valence-electron chi connectivity index (χ1n) is 31.2. The van der Waals surface area contributed by atoms with E-state index in [0.717, 1.165) is 22.2 Å². The number of likely N-dealkylation sites (tertiary alicyclic amines) is 1. The van der Waals surface area contributed by atoms with Gasteiger partial charge in [-0.1, -0.05) is 71.6 Å². The number of H-pyrrole nitrogens is 1. The summed E-state index contributed by atoms with van der Waals surface area (Å²) in [6.07, 6.45) is 9.62. The Balaban J connectivity index is 1.05. The predicted molar refractivity (Wildman–Crippen MR) is 333 cm³/mol. The van der Waals surface area contributed by atoms with Crippen LogP contribution in [0.5, 0.6) is 5.75 Å². The number of aromatic amines is 1. The summed E-state index contributed by atoms with van der Waals surface area (Å²) >= 11 is 0. The van der Waals surface area contributed by atoms with Crippen molar-refractivity contribution in [3.63, 3.8) is 0 Å². The van der Waals surface area contributed by atoms with Crippen molar-refractivity contribution >= 4 is 57.0 Å². The van der Waals surface area contributed by atoms with Crippen LogP contribution in [-0.4, -0.2) is 149 Å². The van der Waals surface area contributed by atoms with Gasteiger partial charge in [0.2, 0.25) is 5.79 Å². The standard InChI is InChI=1S/C67H95N7O13/c1-14-16-19-38(5)28-42(9)59(77)61(84-13)60(78)43(10)29-40(7)53(76)35-55(41(8)30-45-22-26-52(75)56(31-45)83-12)86-66(81)51-20-17-18-27-73(51)65(80)62(79)67(82)44(11)21-23-48(87-67)34-54(39(6)15-2)85-47-24-25-49-46(32-47)33-50(71-49)58-57-63(68)69-36-70-64(57)74(72-58)37(3)4/h14-16,19,24-25,29,32-33,36-38,40-42,44-45,48,51-52,54-56,60-61,71,75,78,82H,1,17-18,20-23,26-28,30-31,34-35H2,2-13H3,(H2,68,69,70)/b19-16+,39-15-,43-29+/t38-,40-,41-,42-,44-,45-,48+,51?,52-,54-,55+,56-,60-,61+,67-/m1/s1. The van der Waals surface area contributed by atoms with E-state index in [2.05, 4.69) is 21.5 Å². The predicted octanol–water partition coefficient (Wildman–Crippen LogP) is 9.70. The van der Waals surface area contributed by atoms with E-state index >= 15 is 0 Å². The van der Waals surface area contributed by atoms with Crippen molar-refractivity contribution in [3.05, 3.63) is 78.7 Å². The fourth-order valence-electron chi connectivity index (χ4n) is 12.8. The van der Waals surface area contributed by atoms with E-state index in [1.54, 1.807) is 47.0 Å². The van der Waals surface area contributed by atoms with Gasteiger partial charge in [0.1, 0.15) is 59.8 Å². The van der Waals surface area contributed by atoms with Gasteiger partial charge in [0.05, 0.1) is 29.4 Å². The zero-order valence-electron chi connectivity index (χ0n) is 53.1. The van der Waals surface area contributed by atoms with Crippen LogP contribution in [-0.2, 0) is 42.9 Å². The smallest absolute Gasteiger partial charge is 0.329 e. The topological polar surface area (TPSA) is 281 Å². The number of nitrogens with two attached hydrogens (primary N) is 1. The Hall–Kier alpha value is -6.42. The van der Waals surface area contributed by atoms with Gasteiger partial charge in [-0.3, -0.25) is 19.2 Å². The average Bonchev–Trinajstić information content (AvgIpc) is 2.85. The second kappa shape index (κ2) is 30.2. The number of amides is 1. The molecule has 15 atom stereocenters. The number of rotatable bonds is 28. The summed E-state index contributed by atoms with van der Waals surface area (Å²) in [5, 5.41) is 40.8. The lowest BCUT2D eigenvalue weighted by Crippen LogP contribution is -2.61. The summed E-state index contributed by atoms with van der Waals surface area (Å²) in [5.74, 6) is -7.43. The molecule has 0 bridgehead atoms. The first-order chi connectivity index (χ1) is 41.3. The molecule has 1 saturated carbocycles. The minimum absolute atomic E-state index is 0.0191. The Kier molecular flexibility index (Phi) is 23.6. The number of ketones is 3. The van der Waals surface area contributed by atoms with Gasteiger partial charge >= 0.3 is 5.97 Å². The molecule has 5 heterocycles. The molecule has 1 aromatic carbocycles. The number of hydrogen-bond donors (Lipinski definition) is 5. The van der Waals surface area contributed by atoms with E-state index < -0.39 is 83.9 Å². The molecule has 2 saturated heterocycles. The van der Waals surface area contributed by atoms with Crippen LogP contribution in [0.15, 0.2) is 78.7 Å².